The van der Waals surface area contributed by atoms with Crippen molar-refractivity contribution >= 4 is 16.1 Å². The van der Waals surface area contributed by atoms with Crippen LogP contribution in [0.2, 0.25) is 39.3 Å². The molecule has 0 fully saturated rings. The van der Waals surface area contributed by atoms with E-state index in [0.717, 1.165) is 6.42 Å². The van der Waals surface area contributed by atoms with Crippen molar-refractivity contribution in [3.05, 3.63) is 22.5 Å². The van der Waals surface area contributed by atoms with Gasteiger partial charge in [-0.05, 0) is 13.3 Å². The smallest absolute Gasteiger partial charge is 0.0722 e. The normalized spacial score (nSPS) is 15.5. The third kappa shape index (κ3) is 5.28. The Bertz CT molecular complexity index is 277. The molecule has 0 radical (unpaired) electrons. The van der Waals surface area contributed by atoms with E-state index in [1.54, 1.807) is 10.4 Å². The molecule has 0 aliphatic heterocycles. The van der Waals surface area contributed by atoms with E-state index in [2.05, 4.69) is 52.3 Å². The van der Waals surface area contributed by atoms with E-state index in [1.807, 2.05) is 6.08 Å². The van der Waals surface area contributed by atoms with Gasteiger partial charge in [-0.1, -0.05) is 61.8 Å². The van der Waals surface area contributed by atoms with E-state index >= 15 is 0 Å². The lowest BCUT2D eigenvalue weighted by atomic mass is 10.3. The Labute approximate surface area is 103 Å². The van der Waals surface area contributed by atoms with Gasteiger partial charge in [-0.3, -0.25) is 0 Å². The highest BCUT2D eigenvalue weighted by Gasteiger charge is 2.26. The number of hydrogen-bond acceptors (Lipinski definition) is 1. The molecule has 16 heavy (non-hydrogen) atoms. The zero-order chi connectivity index (χ0) is 13.0. The molecule has 0 rings (SSSR count). The summed E-state index contributed by atoms with van der Waals surface area (Å²) in [4.78, 5) is 0. The van der Waals surface area contributed by atoms with E-state index in [0.29, 0.717) is 0 Å². The van der Waals surface area contributed by atoms with Gasteiger partial charge in [0.15, 0.2) is 0 Å². The summed E-state index contributed by atoms with van der Waals surface area (Å²) in [5, 5.41) is 12.1. The molecular weight excluding hydrogens is 228 g/mol. The van der Waals surface area contributed by atoms with Crippen LogP contribution in [0, 0.1) is 0 Å². The van der Waals surface area contributed by atoms with Gasteiger partial charge in [0.2, 0.25) is 0 Å². The molecule has 0 atom stereocenters. The van der Waals surface area contributed by atoms with Crippen LogP contribution in [-0.2, 0) is 0 Å². The minimum absolute atomic E-state index is 0.158. The van der Waals surface area contributed by atoms with Crippen molar-refractivity contribution in [1.82, 2.24) is 0 Å². The third-order valence-electron chi connectivity index (χ3n) is 3.08. The molecule has 0 aromatic heterocycles. The van der Waals surface area contributed by atoms with Gasteiger partial charge in [0, 0.05) is 0 Å². The molecule has 0 spiro atoms. The molecular formula is C13H28OSi2. The maximum absolute atomic E-state index is 8.80. The van der Waals surface area contributed by atoms with Crippen LogP contribution in [0.1, 0.15) is 13.3 Å². The zero-order valence-corrected chi connectivity index (χ0v) is 14.0. The average Bonchev–Trinajstić information content (AvgIpc) is 2.08. The number of hydrogen-bond donors (Lipinski definition) is 1. The lowest BCUT2D eigenvalue weighted by Crippen LogP contribution is -2.32. The van der Waals surface area contributed by atoms with E-state index in [-0.39, 0.29) is 6.61 Å². The molecule has 3 heteroatoms. The third-order valence-corrected chi connectivity index (χ3v) is 8.27. The Morgan fingerprint density at radius 1 is 0.938 bits per heavy atom. The lowest BCUT2D eigenvalue weighted by molar-refractivity contribution is 0.342. The predicted octanol–water partition coefficient (Wildman–Crippen LogP) is 4.00. The topological polar surface area (TPSA) is 20.2 Å². The van der Waals surface area contributed by atoms with Crippen molar-refractivity contribution in [2.24, 2.45) is 0 Å². The highest BCUT2D eigenvalue weighted by molar-refractivity contribution is 6.89. The molecule has 0 saturated heterocycles. The maximum atomic E-state index is 8.80. The van der Waals surface area contributed by atoms with Crippen LogP contribution in [0.5, 0.6) is 0 Å². The molecule has 0 aliphatic rings. The average molecular weight is 257 g/mol. The molecule has 0 aromatic rings. The van der Waals surface area contributed by atoms with Gasteiger partial charge in [-0.2, -0.15) is 0 Å². The number of aliphatic hydroxyl groups is 1. The first-order valence-corrected chi connectivity index (χ1v) is 13.1. The fourth-order valence-corrected chi connectivity index (χ4v) is 6.86. The van der Waals surface area contributed by atoms with Crippen LogP contribution >= 0.6 is 0 Å². The zero-order valence-electron chi connectivity index (χ0n) is 12.0. The van der Waals surface area contributed by atoms with Crippen LogP contribution in [0.3, 0.4) is 0 Å². The Morgan fingerprint density at radius 2 is 1.44 bits per heavy atom. The Hall–Kier alpha value is -0.126. The number of rotatable bonds is 5. The van der Waals surface area contributed by atoms with Crippen molar-refractivity contribution in [1.29, 1.82) is 0 Å². The predicted molar refractivity (Wildman–Crippen MR) is 80.2 cm³/mol. The van der Waals surface area contributed by atoms with Crippen molar-refractivity contribution in [3.8, 4) is 0 Å². The molecule has 0 aliphatic carbocycles. The molecule has 0 saturated carbocycles. The standard InChI is InChI=1S/C13H28OSi2/c1-12(15(2,3)4)13(16(5,6)7)10-8-9-11-14/h8-9,14H,10-11H2,1-7H3/b9-8+,13-12-. The molecule has 0 heterocycles. The lowest BCUT2D eigenvalue weighted by Gasteiger charge is -2.29. The molecule has 94 valence electrons. The van der Waals surface area contributed by atoms with Gasteiger partial charge in [0.25, 0.3) is 0 Å². The van der Waals surface area contributed by atoms with Crippen molar-refractivity contribution in [2.45, 2.75) is 52.6 Å². The Morgan fingerprint density at radius 3 is 1.75 bits per heavy atom. The van der Waals surface area contributed by atoms with E-state index < -0.39 is 16.1 Å². The van der Waals surface area contributed by atoms with Crippen LogP contribution in [0.15, 0.2) is 22.5 Å². The summed E-state index contributed by atoms with van der Waals surface area (Å²) < 4.78 is 0. The van der Waals surface area contributed by atoms with Gasteiger partial charge in [-0.25, -0.2) is 0 Å². The van der Waals surface area contributed by atoms with E-state index in [9.17, 15) is 0 Å². The van der Waals surface area contributed by atoms with Crippen molar-refractivity contribution < 1.29 is 5.11 Å². The van der Waals surface area contributed by atoms with Gasteiger partial charge >= 0.3 is 0 Å². The van der Waals surface area contributed by atoms with Crippen molar-refractivity contribution in [2.75, 3.05) is 6.61 Å². The summed E-state index contributed by atoms with van der Waals surface area (Å²) in [6.07, 6.45) is 5.02. The second kappa shape index (κ2) is 5.98. The fourth-order valence-electron chi connectivity index (χ4n) is 1.75. The Kier molecular flexibility index (Phi) is 5.94. The summed E-state index contributed by atoms with van der Waals surface area (Å²) in [6, 6.07) is 0. The summed E-state index contributed by atoms with van der Waals surface area (Å²) >= 11 is 0. The molecule has 0 amide bonds. The summed E-state index contributed by atoms with van der Waals surface area (Å²) in [6.45, 7) is 17.0. The summed E-state index contributed by atoms with van der Waals surface area (Å²) in [5.74, 6) is 0. The summed E-state index contributed by atoms with van der Waals surface area (Å²) in [7, 11) is -2.40. The highest BCUT2D eigenvalue weighted by atomic mass is 28.3. The highest BCUT2D eigenvalue weighted by Crippen LogP contribution is 2.27. The van der Waals surface area contributed by atoms with Crippen LogP contribution < -0.4 is 0 Å². The first-order chi connectivity index (χ1) is 7.10. The molecule has 0 unspecified atom stereocenters. The largest absolute Gasteiger partial charge is 0.392 e. The quantitative estimate of drug-likeness (QED) is 0.582. The second-order valence-corrected chi connectivity index (χ2v) is 16.8. The molecule has 1 N–H and O–H groups in total. The van der Waals surface area contributed by atoms with Gasteiger partial charge in [-0.15, -0.1) is 0 Å². The fraction of sp³-hybridized carbons (Fsp3) is 0.692. The number of allylic oxidation sites excluding steroid dienone is 3. The van der Waals surface area contributed by atoms with E-state index in [1.165, 1.54) is 0 Å². The number of aliphatic hydroxyl groups excluding tert-OH is 1. The second-order valence-electron chi connectivity index (χ2n) is 6.46. The Balaban J connectivity index is 5.18. The van der Waals surface area contributed by atoms with Crippen LogP contribution in [-0.4, -0.2) is 27.9 Å². The molecule has 0 aromatic carbocycles. The minimum atomic E-state index is -1.23. The first kappa shape index (κ1) is 15.9. The SMILES string of the molecule is C/C(=C(\C/C=C/CO)[Si](C)(C)C)[Si](C)(C)C. The van der Waals surface area contributed by atoms with E-state index in [4.69, 9.17) is 5.11 Å². The van der Waals surface area contributed by atoms with Crippen molar-refractivity contribution in [3.63, 3.8) is 0 Å². The first-order valence-electron chi connectivity index (χ1n) is 6.07. The van der Waals surface area contributed by atoms with Crippen LogP contribution in [0.25, 0.3) is 0 Å². The monoisotopic (exact) mass is 256 g/mol. The van der Waals surface area contributed by atoms with Crippen LogP contribution in [0.4, 0.5) is 0 Å². The van der Waals surface area contributed by atoms with Gasteiger partial charge < -0.3 is 5.11 Å². The maximum Gasteiger partial charge on any atom is 0.0722 e. The van der Waals surface area contributed by atoms with Gasteiger partial charge in [0.1, 0.15) is 0 Å². The summed E-state index contributed by atoms with van der Waals surface area (Å²) in [5.41, 5.74) is 0. The minimum Gasteiger partial charge on any atom is -0.392 e. The molecule has 0 bridgehead atoms. The van der Waals surface area contributed by atoms with Gasteiger partial charge in [0.05, 0.1) is 22.8 Å². The molecule has 1 nitrogen and oxygen atoms in total.